The van der Waals surface area contributed by atoms with Crippen molar-refractivity contribution in [2.75, 3.05) is 6.67 Å². The third-order valence-electron chi connectivity index (χ3n) is 1.28. The molecule has 0 aliphatic heterocycles. The van der Waals surface area contributed by atoms with Gasteiger partial charge < -0.3 is 4.74 Å². The summed E-state index contributed by atoms with van der Waals surface area (Å²) in [6, 6.07) is 9.18. The van der Waals surface area contributed by atoms with Crippen LogP contribution in [0.15, 0.2) is 24.3 Å². The molecule has 1 atom stereocenters. The Morgan fingerprint density at radius 2 is 2.42 bits per heavy atom. The number of benzene rings is 1. The Balaban J connectivity index is 2.41. The predicted molar refractivity (Wildman–Crippen MR) is 41.4 cm³/mol. The highest BCUT2D eigenvalue weighted by atomic mass is 19.2. The zero-order valence-corrected chi connectivity index (χ0v) is 6.47. The van der Waals surface area contributed by atoms with Crippen LogP contribution in [-0.2, 0) is 0 Å². The van der Waals surface area contributed by atoms with Crippen LogP contribution >= 0.6 is 0 Å². The van der Waals surface area contributed by atoms with Crippen LogP contribution in [-0.4, -0.2) is 13.0 Å². The van der Waals surface area contributed by atoms with Crippen molar-refractivity contribution >= 4 is 0 Å². The molecule has 1 rings (SSSR count). The van der Waals surface area contributed by atoms with Crippen molar-refractivity contribution in [3.05, 3.63) is 30.3 Å². The van der Waals surface area contributed by atoms with Crippen molar-refractivity contribution in [2.24, 2.45) is 0 Å². The normalized spacial score (nSPS) is 12.5. The summed E-state index contributed by atoms with van der Waals surface area (Å²) in [7, 11) is 0. The first-order valence-electron chi connectivity index (χ1n) is 3.65. The molecule has 0 aliphatic rings. The predicted octanol–water partition coefficient (Wildman–Crippen LogP) is 2.52. The highest BCUT2D eigenvalue weighted by Gasteiger charge is 2.06. The van der Waals surface area contributed by atoms with Crippen molar-refractivity contribution < 1.29 is 13.5 Å². The smallest absolute Gasteiger partial charge is 0.241 e. The highest BCUT2D eigenvalue weighted by Crippen LogP contribution is 2.12. The van der Waals surface area contributed by atoms with E-state index in [1.165, 1.54) is 6.07 Å². The first kappa shape index (κ1) is 8.97. The summed E-state index contributed by atoms with van der Waals surface area (Å²) < 4.78 is 28.9. The fraction of sp³-hybridized carbons (Fsp3) is 0.333. The van der Waals surface area contributed by atoms with Crippen molar-refractivity contribution in [1.29, 1.82) is 0 Å². The molecule has 1 aromatic carbocycles. The van der Waals surface area contributed by atoms with Crippen LogP contribution in [0.1, 0.15) is 6.42 Å². The lowest BCUT2D eigenvalue weighted by atomic mass is 10.3. The molecule has 0 N–H and O–H groups in total. The molecule has 0 spiro atoms. The lowest BCUT2D eigenvalue weighted by Crippen LogP contribution is -2.10. The van der Waals surface area contributed by atoms with Gasteiger partial charge >= 0.3 is 0 Å². The molecule has 0 bridgehead atoms. The first-order chi connectivity index (χ1) is 5.83. The molecule has 1 nitrogen and oxygen atoms in total. The molecule has 1 aromatic rings. The summed E-state index contributed by atoms with van der Waals surface area (Å²) in [6.45, 7) is -0.711. The van der Waals surface area contributed by atoms with Crippen molar-refractivity contribution in [3.63, 3.8) is 0 Å². The molecule has 0 saturated carbocycles. The zero-order valence-electron chi connectivity index (χ0n) is 6.47. The maximum Gasteiger partial charge on any atom is 0.241 e. The van der Waals surface area contributed by atoms with Gasteiger partial charge in [0.1, 0.15) is 5.75 Å². The Hall–Kier alpha value is -1.12. The van der Waals surface area contributed by atoms with Gasteiger partial charge in [-0.15, -0.1) is 0 Å². The molecule has 3 heteroatoms. The number of hydrogen-bond acceptors (Lipinski definition) is 1. The third-order valence-corrected chi connectivity index (χ3v) is 1.28. The van der Waals surface area contributed by atoms with E-state index in [2.05, 4.69) is 6.07 Å². The lowest BCUT2D eigenvalue weighted by Gasteiger charge is -2.08. The topological polar surface area (TPSA) is 9.23 Å². The fourth-order valence-corrected chi connectivity index (χ4v) is 0.743. The SMILES string of the molecule is FCCC(F)Oc1c[c]ccc1. The van der Waals surface area contributed by atoms with Gasteiger partial charge in [0.2, 0.25) is 6.36 Å². The van der Waals surface area contributed by atoms with Crippen LogP contribution < -0.4 is 4.74 Å². The van der Waals surface area contributed by atoms with E-state index in [9.17, 15) is 8.78 Å². The minimum absolute atomic E-state index is 0.227. The highest BCUT2D eigenvalue weighted by molar-refractivity contribution is 5.20. The first-order valence-corrected chi connectivity index (χ1v) is 3.65. The van der Waals surface area contributed by atoms with Gasteiger partial charge in [-0.2, -0.15) is 0 Å². The monoisotopic (exact) mass is 171 g/mol. The number of hydrogen-bond donors (Lipinski definition) is 0. The molecule has 0 aromatic heterocycles. The van der Waals surface area contributed by atoms with E-state index in [0.717, 1.165) is 0 Å². The Morgan fingerprint density at radius 1 is 1.58 bits per heavy atom. The Bertz CT molecular complexity index is 213. The van der Waals surface area contributed by atoms with Gasteiger partial charge in [0, 0.05) is 6.42 Å². The van der Waals surface area contributed by atoms with E-state index in [-0.39, 0.29) is 6.42 Å². The molecule has 0 fully saturated rings. The van der Waals surface area contributed by atoms with E-state index < -0.39 is 13.0 Å². The number of rotatable bonds is 4. The van der Waals surface area contributed by atoms with Gasteiger partial charge in [0.05, 0.1) is 6.67 Å². The van der Waals surface area contributed by atoms with Crippen molar-refractivity contribution in [2.45, 2.75) is 12.8 Å². The van der Waals surface area contributed by atoms with Crippen LogP contribution in [0.2, 0.25) is 0 Å². The summed E-state index contributed by atoms with van der Waals surface area (Å²) in [5.41, 5.74) is 0. The Labute approximate surface area is 70.0 Å². The Kier molecular flexibility index (Phi) is 3.51. The van der Waals surface area contributed by atoms with Crippen LogP contribution in [0.25, 0.3) is 0 Å². The van der Waals surface area contributed by atoms with E-state index in [1.54, 1.807) is 18.2 Å². The molecular weight excluding hydrogens is 162 g/mol. The molecule has 0 heterocycles. The fourth-order valence-electron chi connectivity index (χ4n) is 0.743. The largest absolute Gasteiger partial charge is 0.460 e. The zero-order chi connectivity index (χ0) is 8.81. The maximum absolute atomic E-state index is 12.6. The lowest BCUT2D eigenvalue weighted by molar-refractivity contribution is 0.0532. The number of ether oxygens (including phenoxy) is 1. The number of alkyl halides is 2. The van der Waals surface area contributed by atoms with Gasteiger partial charge in [-0.05, 0) is 18.2 Å². The minimum atomic E-state index is -1.56. The molecular formula is C9H9F2O. The summed E-state index contributed by atoms with van der Waals surface area (Å²) >= 11 is 0. The van der Waals surface area contributed by atoms with Gasteiger partial charge in [-0.3, -0.25) is 4.39 Å². The van der Waals surface area contributed by atoms with E-state index >= 15 is 0 Å². The molecule has 1 unspecified atom stereocenters. The minimum Gasteiger partial charge on any atom is -0.460 e. The van der Waals surface area contributed by atoms with Crippen molar-refractivity contribution in [3.8, 4) is 5.75 Å². The van der Waals surface area contributed by atoms with Crippen LogP contribution in [0.4, 0.5) is 8.78 Å². The molecule has 0 aliphatic carbocycles. The second kappa shape index (κ2) is 4.70. The van der Waals surface area contributed by atoms with E-state index in [0.29, 0.717) is 5.75 Å². The summed E-state index contributed by atoms with van der Waals surface area (Å²) in [6.07, 6.45) is -1.79. The summed E-state index contributed by atoms with van der Waals surface area (Å²) in [4.78, 5) is 0. The second-order valence-electron chi connectivity index (χ2n) is 2.24. The van der Waals surface area contributed by atoms with Crippen molar-refractivity contribution in [1.82, 2.24) is 0 Å². The molecule has 1 radical (unpaired) electrons. The third kappa shape index (κ3) is 2.86. The van der Waals surface area contributed by atoms with Gasteiger partial charge in [-0.25, -0.2) is 4.39 Å². The molecule has 0 saturated heterocycles. The van der Waals surface area contributed by atoms with Gasteiger partial charge in [0.25, 0.3) is 0 Å². The number of halogens is 2. The van der Waals surface area contributed by atoms with Crippen LogP contribution in [0.5, 0.6) is 5.75 Å². The van der Waals surface area contributed by atoms with E-state index in [4.69, 9.17) is 4.74 Å². The van der Waals surface area contributed by atoms with Crippen LogP contribution in [0, 0.1) is 6.07 Å². The summed E-state index contributed by atoms with van der Waals surface area (Å²) in [5.74, 6) is 0.374. The maximum atomic E-state index is 12.6. The standard InChI is InChI=1S/C9H9F2O/c10-7-6-9(11)12-8-4-2-1-3-5-8/h1-2,4-5,9H,6-7H2. The van der Waals surface area contributed by atoms with Gasteiger partial charge in [-0.1, -0.05) is 12.1 Å². The average Bonchev–Trinajstić information content (AvgIpc) is 2.06. The second-order valence-corrected chi connectivity index (χ2v) is 2.24. The average molecular weight is 171 g/mol. The van der Waals surface area contributed by atoms with E-state index in [1.807, 2.05) is 0 Å². The summed E-state index contributed by atoms with van der Waals surface area (Å²) in [5, 5.41) is 0. The van der Waals surface area contributed by atoms with Gasteiger partial charge in [0.15, 0.2) is 0 Å². The molecule has 12 heavy (non-hydrogen) atoms. The van der Waals surface area contributed by atoms with Crippen LogP contribution in [0.3, 0.4) is 0 Å². The quantitative estimate of drug-likeness (QED) is 0.676. The Morgan fingerprint density at radius 3 is 3.00 bits per heavy atom. The molecule has 0 amide bonds. The molecule has 65 valence electrons.